The van der Waals surface area contributed by atoms with Gasteiger partial charge in [-0.3, -0.25) is 0 Å². The molecule has 1 atom stereocenters. The first kappa shape index (κ1) is 12.3. The van der Waals surface area contributed by atoms with Crippen LogP contribution in [0.25, 0.3) is 0 Å². The molecule has 2 heterocycles. The lowest BCUT2D eigenvalue weighted by Crippen LogP contribution is -2.44. The van der Waals surface area contributed by atoms with Crippen LogP contribution in [0, 0.1) is 0 Å². The molecule has 0 saturated heterocycles. The topological polar surface area (TPSA) is 96.9 Å². The number of phenols is 1. The summed E-state index contributed by atoms with van der Waals surface area (Å²) in [5.41, 5.74) is 1.47. The number of carbonyl (C=O) groups is 2. The number of nitrogens with one attached hydrogen (secondary N) is 2. The van der Waals surface area contributed by atoms with Crippen molar-refractivity contribution in [2.24, 2.45) is 0 Å². The molecule has 104 valence electrons. The van der Waals surface area contributed by atoms with Crippen LogP contribution >= 0.6 is 0 Å². The molecule has 0 saturated carbocycles. The van der Waals surface area contributed by atoms with E-state index in [4.69, 9.17) is 9.47 Å². The normalized spacial score (nSPS) is 20.9. The maximum Gasteiger partial charge on any atom is 0.338 e. The number of hydrogen-bond acceptors (Lipinski definition) is 5. The number of rotatable bonds is 2. The third-order valence-corrected chi connectivity index (χ3v) is 3.26. The first-order valence-electron chi connectivity index (χ1n) is 5.94. The van der Waals surface area contributed by atoms with Crippen molar-refractivity contribution in [1.29, 1.82) is 0 Å². The van der Waals surface area contributed by atoms with Crippen molar-refractivity contribution in [3.63, 3.8) is 0 Å². The first-order valence-corrected chi connectivity index (χ1v) is 5.94. The molecule has 3 rings (SSSR count). The van der Waals surface area contributed by atoms with Crippen molar-refractivity contribution in [2.45, 2.75) is 6.04 Å². The summed E-state index contributed by atoms with van der Waals surface area (Å²) in [6, 6.07) is 3.61. The maximum absolute atomic E-state index is 11.8. The summed E-state index contributed by atoms with van der Waals surface area (Å²) in [5, 5.41) is 14.8. The second-order valence-electron chi connectivity index (χ2n) is 4.43. The van der Waals surface area contributed by atoms with Crippen LogP contribution < -0.4 is 15.4 Å². The zero-order valence-electron chi connectivity index (χ0n) is 10.6. The zero-order valence-corrected chi connectivity index (χ0v) is 10.6. The molecule has 1 aromatic carbocycles. The van der Waals surface area contributed by atoms with Crippen molar-refractivity contribution in [2.75, 3.05) is 13.7 Å². The minimum absolute atomic E-state index is 0.0142. The highest BCUT2D eigenvalue weighted by atomic mass is 16.5. The summed E-state index contributed by atoms with van der Waals surface area (Å²) in [4.78, 5) is 23.4. The molecule has 0 aliphatic carbocycles. The van der Waals surface area contributed by atoms with E-state index in [1.807, 2.05) is 0 Å². The van der Waals surface area contributed by atoms with Gasteiger partial charge in [-0.1, -0.05) is 6.07 Å². The summed E-state index contributed by atoms with van der Waals surface area (Å²) in [6.07, 6.45) is 0. The number of ether oxygens (including phenoxy) is 2. The highest BCUT2D eigenvalue weighted by Gasteiger charge is 2.38. The molecule has 0 radical (unpaired) electrons. The molecule has 7 nitrogen and oxygen atoms in total. The van der Waals surface area contributed by atoms with Gasteiger partial charge in [0.2, 0.25) is 0 Å². The number of cyclic esters (lactones) is 1. The van der Waals surface area contributed by atoms with Crippen molar-refractivity contribution >= 4 is 12.0 Å². The van der Waals surface area contributed by atoms with Gasteiger partial charge in [0.1, 0.15) is 6.61 Å². The summed E-state index contributed by atoms with van der Waals surface area (Å²) in [6.45, 7) is 0.0628. The first-order chi connectivity index (χ1) is 9.60. The fourth-order valence-electron chi connectivity index (χ4n) is 2.31. The Hall–Kier alpha value is -2.70. The van der Waals surface area contributed by atoms with Crippen LogP contribution in [0.4, 0.5) is 4.79 Å². The van der Waals surface area contributed by atoms with E-state index in [2.05, 4.69) is 10.6 Å². The minimum Gasteiger partial charge on any atom is -0.504 e. The van der Waals surface area contributed by atoms with Gasteiger partial charge < -0.3 is 25.2 Å². The summed E-state index contributed by atoms with van der Waals surface area (Å²) < 4.78 is 9.96. The second kappa shape index (κ2) is 4.44. The van der Waals surface area contributed by atoms with Crippen LogP contribution in [0.15, 0.2) is 29.5 Å². The number of urea groups is 1. The predicted molar refractivity (Wildman–Crippen MR) is 67.1 cm³/mol. The van der Waals surface area contributed by atoms with Gasteiger partial charge in [0, 0.05) is 0 Å². The lowest BCUT2D eigenvalue weighted by Gasteiger charge is -2.25. The van der Waals surface area contributed by atoms with E-state index in [1.54, 1.807) is 12.1 Å². The Morgan fingerprint density at radius 1 is 1.40 bits per heavy atom. The van der Waals surface area contributed by atoms with Crippen LogP contribution in [0.5, 0.6) is 11.5 Å². The average Bonchev–Trinajstić information content (AvgIpc) is 2.80. The Morgan fingerprint density at radius 3 is 2.95 bits per heavy atom. The predicted octanol–water partition coefficient (Wildman–Crippen LogP) is 0.566. The lowest BCUT2D eigenvalue weighted by molar-refractivity contribution is -0.136. The van der Waals surface area contributed by atoms with Crippen molar-refractivity contribution in [3.8, 4) is 11.5 Å². The molecule has 2 aliphatic rings. The molecular formula is C13H12N2O5. The molecule has 2 amide bonds. The molecule has 0 fully saturated rings. The van der Waals surface area contributed by atoms with E-state index in [1.165, 1.54) is 13.2 Å². The molecule has 2 aliphatic heterocycles. The summed E-state index contributed by atoms with van der Waals surface area (Å²) in [7, 11) is 1.42. The van der Waals surface area contributed by atoms with Crippen LogP contribution in [0.2, 0.25) is 0 Å². The van der Waals surface area contributed by atoms with Crippen LogP contribution in [-0.4, -0.2) is 30.8 Å². The Kier molecular flexibility index (Phi) is 2.74. The molecule has 3 N–H and O–H groups in total. The van der Waals surface area contributed by atoms with Gasteiger partial charge >= 0.3 is 12.0 Å². The van der Waals surface area contributed by atoms with Gasteiger partial charge in [0.25, 0.3) is 0 Å². The fraction of sp³-hybridized carbons (Fsp3) is 0.231. The smallest absolute Gasteiger partial charge is 0.338 e. The highest BCUT2D eigenvalue weighted by molar-refractivity contribution is 5.97. The molecule has 0 unspecified atom stereocenters. The summed E-state index contributed by atoms with van der Waals surface area (Å²) >= 11 is 0. The molecular weight excluding hydrogens is 264 g/mol. The fourth-order valence-corrected chi connectivity index (χ4v) is 2.31. The Bertz CT molecular complexity index is 638. The molecule has 0 aromatic heterocycles. The van der Waals surface area contributed by atoms with E-state index < -0.39 is 18.0 Å². The number of carbonyl (C=O) groups excluding carboxylic acids is 2. The lowest BCUT2D eigenvalue weighted by atomic mass is 9.96. The van der Waals surface area contributed by atoms with Crippen molar-refractivity contribution < 1.29 is 24.2 Å². The number of methoxy groups -OCH3 is 1. The SMILES string of the molecule is COc1cc([C@@H]2NC(=O)NC3=C2C(=O)OC3)ccc1O. The van der Waals surface area contributed by atoms with Crippen molar-refractivity contribution in [1.82, 2.24) is 10.6 Å². The number of aromatic hydroxyl groups is 1. The van der Waals surface area contributed by atoms with Gasteiger partial charge in [-0.25, -0.2) is 9.59 Å². The summed E-state index contributed by atoms with van der Waals surface area (Å²) in [5.74, 6) is -0.215. The molecule has 0 spiro atoms. The number of phenolic OH excluding ortho intramolecular Hbond substituents is 1. The van der Waals surface area contributed by atoms with E-state index in [-0.39, 0.29) is 18.1 Å². The standard InChI is InChI=1S/C13H12N2O5/c1-19-9-4-6(2-3-8(9)16)11-10-7(5-20-12(10)17)14-13(18)15-11/h2-4,11,16H,5H2,1H3,(H2,14,15,18)/t11-/m0/s1. The number of amides is 2. The molecule has 0 bridgehead atoms. The van der Waals surface area contributed by atoms with Gasteiger partial charge in [-0.2, -0.15) is 0 Å². The number of benzene rings is 1. The molecule has 20 heavy (non-hydrogen) atoms. The third-order valence-electron chi connectivity index (χ3n) is 3.26. The Labute approximate surface area is 114 Å². The maximum atomic E-state index is 11.8. The monoisotopic (exact) mass is 276 g/mol. The number of hydrogen-bond donors (Lipinski definition) is 3. The van der Waals surface area contributed by atoms with Gasteiger partial charge in [0.15, 0.2) is 11.5 Å². The quantitative estimate of drug-likeness (QED) is 0.686. The van der Waals surface area contributed by atoms with Gasteiger partial charge in [-0.15, -0.1) is 0 Å². The molecule has 7 heteroatoms. The molecule has 1 aromatic rings. The number of esters is 1. The van der Waals surface area contributed by atoms with Crippen LogP contribution in [0.1, 0.15) is 11.6 Å². The van der Waals surface area contributed by atoms with Gasteiger partial charge in [-0.05, 0) is 17.7 Å². The van der Waals surface area contributed by atoms with E-state index in [0.717, 1.165) is 0 Å². The Balaban J connectivity index is 2.06. The van der Waals surface area contributed by atoms with Crippen molar-refractivity contribution in [3.05, 3.63) is 35.0 Å². The largest absolute Gasteiger partial charge is 0.504 e. The van der Waals surface area contributed by atoms with Crippen LogP contribution in [0.3, 0.4) is 0 Å². The van der Waals surface area contributed by atoms with E-state index in [9.17, 15) is 14.7 Å². The third kappa shape index (κ3) is 1.83. The van der Waals surface area contributed by atoms with Gasteiger partial charge in [0.05, 0.1) is 24.4 Å². The van der Waals surface area contributed by atoms with E-state index >= 15 is 0 Å². The highest BCUT2D eigenvalue weighted by Crippen LogP contribution is 2.35. The van der Waals surface area contributed by atoms with Crippen LogP contribution in [-0.2, 0) is 9.53 Å². The average molecular weight is 276 g/mol. The van der Waals surface area contributed by atoms with E-state index in [0.29, 0.717) is 16.8 Å². The minimum atomic E-state index is -0.622. The zero-order chi connectivity index (χ0) is 14.3. The Morgan fingerprint density at radius 2 is 2.20 bits per heavy atom. The second-order valence-corrected chi connectivity index (χ2v) is 4.43.